The predicted octanol–water partition coefficient (Wildman–Crippen LogP) is 0.696. The van der Waals surface area contributed by atoms with E-state index in [4.69, 9.17) is 10.9 Å². The highest BCUT2D eigenvalue weighted by Gasteiger charge is 2.06. The van der Waals surface area contributed by atoms with Gasteiger partial charge in [0.25, 0.3) is 5.56 Å². The normalized spacial score (nSPS) is 11.7. The molecule has 1 rings (SSSR count). The van der Waals surface area contributed by atoms with Crippen LogP contribution in [0.1, 0.15) is 12.5 Å². The Balaban J connectivity index is 2.91. The number of aryl methyl sites for hydroxylation is 1. The second-order valence-corrected chi connectivity index (χ2v) is 4.50. The number of nitrogens with zero attached hydrogens (tertiary/aromatic N) is 2. The van der Waals surface area contributed by atoms with Gasteiger partial charge in [0.1, 0.15) is 0 Å². The van der Waals surface area contributed by atoms with Gasteiger partial charge in [-0.3, -0.25) is 4.79 Å². The van der Waals surface area contributed by atoms with Crippen LogP contribution in [0, 0.1) is 0 Å². The third kappa shape index (κ3) is 3.03. The first-order valence-corrected chi connectivity index (χ1v) is 6.11. The van der Waals surface area contributed by atoms with Crippen molar-refractivity contribution in [3.05, 3.63) is 34.2 Å². The molecule has 88 valence electrons. The summed E-state index contributed by atoms with van der Waals surface area (Å²) in [6.45, 7) is 2.70. The first-order chi connectivity index (χ1) is 7.70. The van der Waals surface area contributed by atoms with Crippen LogP contribution >= 0.6 is 11.8 Å². The zero-order valence-corrected chi connectivity index (χ0v) is 9.91. The molecular weight excluding hydrogens is 226 g/mol. The van der Waals surface area contributed by atoms with Crippen molar-refractivity contribution in [1.29, 1.82) is 0 Å². The molecule has 3 N–H and O–H groups in total. The first-order valence-electron chi connectivity index (χ1n) is 4.95. The van der Waals surface area contributed by atoms with Gasteiger partial charge < -0.3 is 15.5 Å². The van der Waals surface area contributed by atoms with Gasteiger partial charge in [-0.2, -0.15) is 11.8 Å². The van der Waals surface area contributed by atoms with E-state index >= 15 is 0 Å². The average molecular weight is 241 g/mol. The maximum Gasteiger partial charge on any atom is 0.261 e. The molecule has 0 atom stereocenters. The van der Waals surface area contributed by atoms with Crippen LogP contribution in [-0.2, 0) is 6.54 Å². The molecule has 16 heavy (non-hydrogen) atoms. The van der Waals surface area contributed by atoms with Crippen molar-refractivity contribution < 1.29 is 5.21 Å². The lowest BCUT2D eigenvalue weighted by atomic mass is 10.2. The average Bonchev–Trinajstić information content (AvgIpc) is 2.30. The third-order valence-corrected chi connectivity index (χ3v) is 2.96. The highest BCUT2D eigenvalue weighted by Crippen LogP contribution is 1.99. The molecule has 0 radical (unpaired) electrons. The highest BCUT2D eigenvalue weighted by atomic mass is 32.2. The summed E-state index contributed by atoms with van der Waals surface area (Å²) in [5, 5.41) is 11.4. The topological polar surface area (TPSA) is 80.6 Å². The molecule has 0 bridgehead atoms. The SMILES string of the molecule is CCSCCn1cccc(/C(N)=N/O)c1=O. The number of hydrogen-bond acceptors (Lipinski definition) is 4. The molecule has 0 spiro atoms. The van der Waals surface area contributed by atoms with E-state index in [0.717, 1.165) is 11.5 Å². The van der Waals surface area contributed by atoms with E-state index < -0.39 is 0 Å². The van der Waals surface area contributed by atoms with Gasteiger partial charge in [0, 0.05) is 18.5 Å². The van der Waals surface area contributed by atoms with Gasteiger partial charge in [0.15, 0.2) is 5.84 Å². The minimum atomic E-state index is -0.227. The van der Waals surface area contributed by atoms with Crippen molar-refractivity contribution in [3.63, 3.8) is 0 Å². The Morgan fingerprint density at radius 2 is 2.44 bits per heavy atom. The standard InChI is InChI=1S/C10H15N3O2S/c1-2-16-7-6-13-5-3-4-8(10(13)14)9(11)12-15/h3-5,15H,2,6-7H2,1H3,(H2,11,12). The van der Waals surface area contributed by atoms with Crippen LogP contribution in [0.5, 0.6) is 0 Å². The van der Waals surface area contributed by atoms with E-state index in [1.807, 2.05) is 0 Å². The summed E-state index contributed by atoms with van der Waals surface area (Å²) in [6.07, 6.45) is 1.70. The lowest BCUT2D eigenvalue weighted by Gasteiger charge is -2.06. The Morgan fingerprint density at radius 1 is 1.69 bits per heavy atom. The lowest BCUT2D eigenvalue weighted by molar-refractivity contribution is 0.318. The number of rotatable bonds is 5. The zero-order valence-electron chi connectivity index (χ0n) is 9.09. The summed E-state index contributed by atoms with van der Waals surface area (Å²) in [7, 11) is 0. The van der Waals surface area contributed by atoms with Crippen LogP contribution in [0.3, 0.4) is 0 Å². The number of amidine groups is 1. The second-order valence-electron chi connectivity index (χ2n) is 3.10. The number of oxime groups is 1. The van der Waals surface area contributed by atoms with Gasteiger partial charge in [0.05, 0.1) is 5.56 Å². The predicted molar refractivity (Wildman–Crippen MR) is 66.2 cm³/mol. The fraction of sp³-hybridized carbons (Fsp3) is 0.400. The molecule has 1 aromatic heterocycles. The molecule has 5 nitrogen and oxygen atoms in total. The number of hydrogen-bond donors (Lipinski definition) is 2. The molecule has 0 saturated carbocycles. The largest absolute Gasteiger partial charge is 0.409 e. The van der Waals surface area contributed by atoms with Gasteiger partial charge in [-0.05, 0) is 17.9 Å². The Hall–Kier alpha value is -1.43. The fourth-order valence-corrected chi connectivity index (χ4v) is 1.88. The van der Waals surface area contributed by atoms with Gasteiger partial charge >= 0.3 is 0 Å². The van der Waals surface area contributed by atoms with Crippen LogP contribution in [0.25, 0.3) is 0 Å². The van der Waals surface area contributed by atoms with E-state index in [9.17, 15) is 4.79 Å². The lowest BCUT2D eigenvalue weighted by Crippen LogP contribution is -2.30. The minimum Gasteiger partial charge on any atom is -0.409 e. The Kier molecular flexibility index (Phi) is 4.91. The maximum absolute atomic E-state index is 11.8. The molecule has 6 heteroatoms. The van der Waals surface area contributed by atoms with Crippen molar-refractivity contribution >= 4 is 17.6 Å². The minimum absolute atomic E-state index is 0.150. The van der Waals surface area contributed by atoms with E-state index in [2.05, 4.69) is 12.1 Å². The van der Waals surface area contributed by atoms with Gasteiger partial charge in [-0.1, -0.05) is 12.1 Å². The summed E-state index contributed by atoms with van der Waals surface area (Å²) in [5.41, 5.74) is 5.40. The van der Waals surface area contributed by atoms with E-state index in [1.165, 1.54) is 0 Å². The Labute approximate surface area is 98.0 Å². The third-order valence-electron chi connectivity index (χ3n) is 2.08. The Bertz CT molecular complexity index is 428. The molecular formula is C10H15N3O2S. The summed E-state index contributed by atoms with van der Waals surface area (Å²) in [6, 6.07) is 3.26. The van der Waals surface area contributed by atoms with Crippen LogP contribution in [0.15, 0.2) is 28.3 Å². The molecule has 0 aliphatic carbocycles. The van der Waals surface area contributed by atoms with E-state index in [-0.39, 0.29) is 17.0 Å². The smallest absolute Gasteiger partial charge is 0.261 e. The second kappa shape index (κ2) is 6.22. The van der Waals surface area contributed by atoms with Crippen molar-refractivity contribution in [2.75, 3.05) is 11.5 Å². The summed E-state index contributed by atoms with van der Waals surface area (Å²) in [4.78, 5) is 11.8. The number of aromatic nitrogens is 1. The van der Waals surface area contributed by atoms with Crippen LogP contribution in [-0.4, -0.2) is 27.1 Å². The molecule has 1 aromatic rings. The monoisotopic (exact) mass is 241 g/mol. The molecule has 0 amide bonds. The van der Waals surface area contributed by atoms with Crippen LogP contribution in [0.4, 0.5) is 0 Å². The number of nitrogens with two attached hydrogens (primary N) is 1. The molecule has 0 unspecified atom stereocenters. The highest BCUT2D eigenvalue weighted by molar-refractivity contribution is 7.99. The van der Waals surface area contributed by atoms with Crippen LogP contribution in [0.2, 0.25) is 0 Å². The molecule has 0 aromatic carbocycles. The van der Waals surface area contributed by atoms with E-state index in [1.54, 1.807) is 34.7 Å². The quantitative estimate of drug-likeness (QED) is 0.261. The van der Waals surface area contributed by atoms with Crippen molar-refractivity contribution in [1.82, 2.24) is 4.57 Å². The Morgan fingerprint density at radius 3 is 3.06 bits per heavy atom. The molecule has 0 aliphatic rings. The number of pyridine rings is 1. The van der Waals surface area contributed by atoms with Crippen LogP contribution < -0.4 is 11.3 Å². The summed E-state index contributed by atoms with van der Waals surface area (Å²) >= 11 is 1.76. The van der Waals surface area contributed by atoms with Gasteiger partial charge in [-0.15, -0.1) is 0 Å². The molecule has 0 aliphatic heterocycles. The summed E-state index contributed by atoms with van der Waals surface area (Å²) < 4.78 is 1.57. The van der Waals surface area contributed by atoms with Crippen molar-refractivity contribution in [3.8, 4) is 0 Å². The molecule has 1 heterocycles. The maximum atomic E-state index is 11.8. The summed E-state index contributed by atoms with van der Waals surface area (Å²) in [5.74, 6) is 1.74. The number of thioether (sulfide) groups is 1. The zero-order chi connectivity index (χ0) is 12.0. The molecule has 0 fully saturated rings. The van der Waals surface area contributed by atoms with Gasteiger partial charge in [-0.25, -0.2) is 0 Å². The van der Waals surface area contributed by atoms with E-state index in [0.29, 0.717) is 6.54 Å². The fourth-order valence-electron chi connectivity index (χ4n) is 1.27. The van der Waals surface area contributed by atoms with Gasteiger partial charge in [0.2, 0.25) is 0 Å². The van der Waals surface area contributed by atoms with Crippen molar-refractivity contribution in [2.45, 2.75) is 13.5 Å². The first kappa shape index (κ1) is 12.6. The van der Waals surface area contributed by atoms with Crippen molar-refractivity contribution in [2.24, 2.45) is 10.9 Å². The molecule has 0 saturated heterocycles.